The van der Waals surface area contributed by atoms with Gasteiger partial charge in [0.2, 0.25) is 5.91 Å². The molecule has 3 aromatic rings. The highest BCUT2D eigenvalue weighted by molar-refractivity contribution is 6.31. The van der Waals surface area contributed by atoms with Crippen LogP contribution in [0.5, 0.6) is 5.75 Å². The molecule has 0 bridgehead atoms. The molecule has 8 heteroatoms. The van der Waals surface area contributed by atoms with Crippen molar-refractivity contribution < 1.29 is 19.1 Å². The predicted octanol–water partition coefficient (Wildman–Crippen LogP) is 4.36. The van der Waals surface area contributed by atoms with Gasteiger partial charge in [-0.25, -0.2) is 0 Å². The van der Waals surface area contributed by atoms with Crippen molar-refractivity contribution >= 4 is 40.6 Å². The van der Waals surface area contributed by atoms with E-state index in [0.717, 1.165) is 6.42 Å². The number of Topliss-reactive ketones (excluding diaryl/α,β-unsaturated/α-hetero) is 1. The fraction of sp³-hybridized carbons (Fsp3) is 0.276. The Morgan fingerprint density at radius 1 is 0.973 bits per heavy atom. The molecule has 2 N–H and O–H groups in total. The van der Waals surface area contributed by atoms with Crippen LogP contribution in [0.1, 0.15) is 34.3 Å². The van der Waals surface area contributed by atoms with Gasteiger partial charge in [-0.2, -0.15) is 0 Å². The van der Waals surface area contributed by atoms with Crippen LogP contribution in [0, 0.1) is 5.92 Å². The van der Waals surface area contributed by atoms with Gasteiger partial charge in [0.1, 0.15) is 16.7 Å². The number of ketones is 1. The Morgan fingerprint density at radius 3 is 2.59 bits per heavy atom. The molecule has 0 aliphatic carbocycles. The Kier molecular flexibility index (Phi) is 4.66. The largest absolute Gasteiger partial charge is 0.497 e. The fourth-order valence-electron chi connectivity index (χ4n) is 7.51. The first-order chi connectivity index (χ1) is 17.9. The summed E-state index contributed by atoms with van der Waals surface area (Å²) in [5.74, 6) is -1.07. The smallest absolute Gasteiger partial charge is 0.251 e. The SMILES string of the molecule is COc1cccc(C(=O)C2C3CCCN3C3(C(=O)Nc4ccc(Cl)cc43)C23C(=O)Nc2ccccc23)c1. The molecule has 2 amide bonds. The Labute approximate surface area is 218 Å². The van der Waals surface area contributed by atoms with Crippen LogP contribution >= 0.6 is 11.6 Å². The third kappa shape index (κ3) is 2.58. The zero-order valence-corrected chi connectivity index (χ0v) is 20.8. The molecule has 0 radical (unpaired) electrons. The number of carbonyl (C=O) groups is 3. The third-order valence-electron chi connectivity index (χ3n) is 8.70. The number of halogens is 1. The van der Waals surface area contributed by atoms with E-state index >= 15 is 0 Å². The molecule has 4 atom stereocenters. The van der Waals surface area contributed by atoms with Gasteiger partial charge in [0, 0.05) is 33.6 Å². The van der Waals surface area contributed by atoms with E-state index in [-0.39, 0.29) is 23.6 Å². The molecule has 0 saturated carbocycles. The lowest BCUT2D eigenvalue weighted by Gasteiger charge is -2.43. The van der Waals surface area contributed by atoms with Crippen LogP contribution in [-0.2, 0) is 20.5 Å². The van der Waals surface area contributed by atoms with Crippen LogP contribution in [0.15, 0.2) is 66.7 Å². The summed E-state index contributed by atoms with van der Waals surface area (Å²) >= 11 is 6.50. The second kappa shape index (κ2) is 7.66. The lowest BCUT2D eigenvalue weighted by Crippen LogP contribution is -2.62. The summed E-state index contributed by atoms with van der Waals surface area (Å²) in [6.07, 6.45) is 1.51. The maximum absolute atomic E-state index is 14.6. The van der Waals surface area contributed by atoms with Gasteiger partial charge in [-0.3, -0.25) is 19.3 Å². The van der Waals surface area contributed by atoms with Crippen molar-refractivity contribution in [1.29, 1.82) is 0 Å². The molecule has 4 unspecified atom stereocenters. The van der Waals surface area contributed by atoms with Crippen molar-refractivity contribution in [3.05, 3.63) is 88.4 Å². The molecule has 7 rings (SSSR count). The summed E-state index contributed by atoms with van der Waals surface area (Å²) in [7, 11) is 1.55. The standard InChI is InChI=1S/C29H24ClN3O4/c1-37-18-7-4-6-16(14-18)25(34)24-23-10-5-13-33(23)29(20-15-17(30)11-12-22(20)32-27(29)36)28(24)19-8-2-3-9-21(19)31-26(28)35/h2-4,6-9,11-12,14-15,23-24H,5,10,13H2,1H3,(H,31,35)(H,32,36). The summed E-state index contributed by atoms with van der Waals surface area (Å²) in [5.41, 5.74) is 0.0859. The van der Waals surface area contributed by atoms with E-state index in [1.54, 1.807) is 49.6 Å². The minimum Gasteiger partial charge on any atom is -0.497 e. The summed E-state index contributed by atoms with van der Waals surface area (Å²) in [6.45, 7) is 0.586. The molecule has 2 fully saturated rings. The first-order valence-corrected chi connectivity index (χ1v) is 12.8. The lowest BCUT2D eigenvalue weighted by molar-refractivity contribution is -0.137. The van der Waals surface area contributed by atoms with Crippen LogP contribution in [0.25, 0.3) is 0 Å². The number of carbonyl (C=O) groups excluding carboxylic acids is 3. The summed E-state index contributed by atoms with van der Waals surface area (Å²) in [5, 5.41) is 6.55. The number of rotatable bonds is 3. The van der Waals surface area contributed by atoms with Gasteiger partial charge in [0.05, 0.1) is 13.0 Å². The number of amides is 2. The molecule has 7 nitrogen and oxygen atoms in total. The average molecular weight is 514 g/mol. The molecule has 4 aliphatic rings. The van der Waals surface area contributed by atoms with Crippen molar-refractivity contribution in [3.8, 4) is 5.75 Å². The Balaban J connectivity index is 1.58. The van der Waals surface area contributed by atoms with Gasteiger partial charge >= 0.3 is 0 Å². The van der Waals surface area contributed by atoms with Gasteiger partial charge in [0.25, 0.3) is 5.91 Å². The van der Waals surface area contributed by atoms with Crippen molar-refractivity contribution in [2.75, 3.05) is 24.3 Å². The number of ether oxygens (including phenoxy) is 1. The van der Waals surface area contributed by atoms with Crippen molar-refractivity contribution in [3.63, 3.8) is 0 Å². The first kappa shape index (κ1) is 22.5. The van der Waals surface area contributed by atoms with Gasteiger partial charge in [0.15, 0.2) is 5.78 Å². The Morgan fingerprint density at radius 2 is 1.76 bits per heavy atom. The highest BCUT2D eigenvalue weighted by atomic mass is 35.5. The van der Waals surface area contributed by atoms with Crippen LogP contribution < -0.4 is 15.4 Å². The second-order valence-electron chi connectivity index (χ2n) is 10.1. The number of methoxy groups -OCH3 is 1. The predicted molar refractivity (Wildman–Crippen MR) is 139 cm³/mol. The van der Waals surface area contributed by atoms with E-state index in [1.165, 1.54) is 0 Å². The minimum atomic E-state index is -1.49. The summed E-state index contributed by atoms with van der Waals surface area (Å²) < 4.78 is 5.40. The Hall–Kier alpha value is -3.68. The van der Waals surface area contributed by atoms with Gasteiger partial charge in [-0.1, -0.05) is 41.9 Å². The summed E-state index contributed by atoms with van der Waals surface area (Å²) in [6, 6.07) is 19.4. The van der Waals surface area contributed by atoms with Crippen LogP contribution in [0.3, 0.4) is 0 Å². The quantitative estimate of drug-likeness (QED) is 0.508. The highest BCUT2D eigenvalue weighted by Crippen LogP contribution is 2.68. The highest BCUT2D eigenvalue weighted by Gasteiger charge is 2.81. The molecule has 2 spiro atoms. The number of nitrogens with zero attached hydrogens (tertiary/aromatic N) is 1. The lowest BCUT2D eigenvalue weighted by atomic mass is 9.57. The van der Waals surface area contributed by atoms with E-state index in [4.69, 9.17) is 16.3 Å². The maximum Gasteiger partial charge on any atom is 0.251 e. The van der Waals surface area contributed by atoms with Crippen molar-refractivity contribution in [2.24, 2.45) is 5.92 Å². The first-order valence-electron chi connectivity index (χ1n) is 12.4. The molecular weight excluding hydrogens is 490 g/mol. The zero-order valence-electron chi connectivity index (χ0n) is 20.1. The number of anilines is 2. The number of fused-ring (bicyclic) bond motifs is 7. The number of nitrogens with one attached hydrogen (secondary N) is 2. The molecular formula is C29H24ClN3O4. The zero-order chi connectivity index (χ0) is 25.5. The van der Waals surface area contributed by atoms with Crippen LogP contribution in [0.2, 0.25) is 5.02 Å². The number of hydrogen-bond acceptors (Lipinski definition) is 5. The second-order valence-corrected chi connectivity index (χ2v) is 10.6. The molecule has 0 aromatic heterocycles. The van der Waals surface area contributed by atoms with Crippen LogP contribution in [0.4, 0.5) is 11.4 Å². The number of benzene rings is 3. The van der Waals surface area contributed by atoms with E-state index in [0.29, 0.717) is 51.8 Å². The molecule has 3 aromatic carbocycles. The molecule has 4 aliphatic heterocycles. The van der Waals surface area contributed by atoms with E-state index < -0.39 is 16.9 Å². The minimum absolute atomic E-state index is 0.178. The average Bonchev–Trinajstić information content (AvgIpc) is 3.62. The topological polar surface area (TPSA) is 87.7 Å². The van der Waals surface area contributed by atoms with E-state index in [1.807, 2.05) is 24.3 Å². The molecule has 4 heterocycles. The van der Waals surface area contributed by atoms with Crippen LogP contribution in [-0.4, -0.2) is 42.2 Å². The van der Waals surface area contributed by atoms with E-state index in [2.05, 4.69) is 15.5 Å². The molecule has 2 saturated heterocycles. The van der Waals surface area contributed by atoms with Gasteiger partial charge in [-0.15, -0.1) is 0 Å². The fourth-order valence-corrected chi connectivity index (χ4v) is 7.68. The molecule has 186 valence electrons. The summed E-state index contributed by atoms with van der Waals surface area (Å²) in [4.78, 5) is 45.4. The van der Waals surface area contributed by atoms with Crippen molar-refractivity contribution in [2.45, 2.75) is 29.8 Å². The maximum atomic E-state index is 14.6. The van der Waals surface area contributed by atoms with Crippen molar-refractivity contribution in [1.82, 2.24) is 4.90 Å². The number of para-hydroxylation sites is 1. The third-order valence-corrected chi connectivity index (χ3v) is 8.93. The van der Waals surface area contributed by atoms with E-state index in [9.17, 15) is 14.4 Å². The Bertz CT molecular complexity index is 1520. The number of hydrogen-bond donors (Lipinski definition) is 2. The van der Waals surface area contributed by atoms with Gasteiger partial charge < -0.3 is 15.4 Å². The normalized spacial score (nSPS) is 29.2. The monoisotopic (exact) mass is 513 g/mol. The molecule has 37 heavy (non-hydrogen) atoms. The van der Waals surface area contributed by atoms with Gasteiger partial charge in [-0.05, 0) is 61.3 Å².